The molecule has 0 saturated carbocycles. The molecule has 5 rings (SSSR count). The zero-order valence-corrected chi connectivity index (χ0v) is 16.6. The minimum absolute atomic E-state index is 0.0941. The second kappa shape index (κ2) is 6.77. The van der Waals surface area contributed by atoms with Crippen LogP contribution in [-0.2, 0) is 0 Å². The van der Waals surface area contributed by atoms with E-state index in [-0.39, 0.29) is 22.8 Å². The zero-order chi connectivity index (χ0) is 21.0. The number of nitrogens with zero attached hydrogens (tertiary/aromatic N) is 4. The Kier molecular flexibility index (Phi) is 4.17. The van der Waals surface area contributed by atoms with Crippen molar-refractivity contribution in [2.75, 3.05) is 18.0 Å². The first kappa shape index (κ1) is 18.5. The van der Waals surface area contributed by atoms with E-state index < -0.39 is 22.8 Å². The maximum absolute atomic E-state index is 14.9. The molecule has 0 unspecified atom stereocenters. The van der Waals surface area contributed by atoms with Crippen molar-refractivity contribution in [1.82, 2.24) is 19.5 Å². The van der Waals surface area contributed by atoms with Gasteiger partial charge in [-0.25, -0.2) is 19.2 Å². The number of thiazole rings is 1. The summed E-state index contributed by atoms with van der Waals surface area (Å²) in [7, 11) is 0. The first-order valence-corrected chi connectivity index (χ1v) is 10.1. The molecule has 10 heteroatoms. The number of rotatable bonds is 4. The number of fused-ring (bicyclic) bond motifs is 1. The number of pyridine rings is 2. The highest BCUT2D eigenvalue weighted by Gasteiger charge is 2.32. The van der Waals surface area contributed by atoms with E-state index in [4.69, 9.17) is 0 Å². The highest BCUT2D eigenvalue weighted by molar-refractivity contribution is 7.12. The quantitative estimate of drug-likeness (QED) is 0.521. The molecule has 0 aliphatic carbocycles. The molecule has 1 fully saturated rings. The number of aryl methyl sites for hydroxylation is 1. The fourth-order valence-corrected chi connectivity index (χ4v) is 4.30. The van der Waals surface area contributed by atoms with Gasteiger partial charge in [0.25, 0.3) is 0 Å². The van der Waals surface area contributed by atoms with E-state index in [1.54, 1.807) is 16.5 Å². The number of nitrogens with one attached hydrogen (secondary N) is 1. The lowest BCUT2D eigenvalue weighted by molar-refractivity contribution is 0.0695. The summed E-state index contributed by atoms with van der Waals surface area (Å²) in [6.45, 7) is 3.15. The van der Waals surface area contributed by atoms with Crippen LogP contribution in [-0.4, -0.2) is 43.7 Å². The molecule has 1 saturated heterocycles. The Morgan fingerprint density at radius 2 is 2.17 bits per heavy atom. The summed E-state index contributed by atoms with van der Waals surface area (Å²) < 4.78 is 16.3. The molecule has 0 atom stereocenters. The van der Waals surface area contributed by atoms with E-state index in [1.165, 1.54) is 22.1 Å². The Hall–Kier alpha value is -3.53. The number of carbonyl (C=O) groups is 1. The average molecular weight is 425 g/mol. The van der Waals surface area contributed by atoms with Crippen molar-refractivity contribution in [2.45, 2.75) is 12.8 Å². The van der Waals surface area contributed by atoms with Crippen LogP contribution in [0.1, 0.15) is 27.7 Å². The Morgan fingerprint density at radius 3 is 2.80 bits per heavy atom. The predicted molar refractivity (Wildman–Crippen MR) is 110 cm³/mol. The Labute approximate surface area is 173 Å². The molecule has 0 spiro atoms. The summed E-state index contributed by atoms with van der Waals surface area (Å²) in [6.07, 6.45) is 2.76. The van der Waals surface area contributed by atoms with Crippen molar-refractivity contribution in [2.24, 2.45) is 0 Å². The third-order valence-corrected chi connectivity index (χ3v) is 6.01. The van der Waals surface area contributed by atoms with E-state index in [1.807, 2.05) is 19.1 Å². The van der Waals surface area contributed by atoms with Gasteiger partial charge in [0.05, 0.1) is 5.39 Å². The maximum atomic E-state index is 14.9. The van der Waals surface area contributed by atoms with Gasteiger partial charge in [0.2, 0.25) is 5.43 Å². The van der Waals surface area contributed by atoms with E-state index in [9.17, 15) is 19.1 Å². The van der Waals surface area contributed by atoms with E-state index in [2.05, 4.69) is 15.0 Å². The molecule has 2 N–H and O–H groups in total. The van der Waals surface area contributed by atoms with Gasteiger partial charge in [0.15, 0.2) is 22.4 Å². The fraction of sp³-hybridized carbons (Fsp3) is 0.200. The number of carboxylic acids is 1. The number of hydrogen-bond acceptors (Lipinski definition) is 6. The van der Waals surface area contributed by atoms with Crippen LogP contribution in [0.4, 0.5) is 10.2 Å². The summed E-state index contributed by atoms with van der Waals surface area (Å²) in [5.41, 5.74) is 1.11. The van der Waals surface area contributed by atoms with Gasteiger partial charge in [0.1, 0.15) is 5.56 Å². The van der Waals surface area contributed by atoms with Crippen LogP contribution in [0, 0.1) is 12.7 Å². The van der Waals surface area contributed by atoms with Gasteiger partial charge in [-0.15, -0.1) is 11.3 Å². The summed E-state index contributed by atoms with van der Waals surface area (Å²) in [6, 6.07) is 5.09. The number of hydrogen-bond donors (Lipinski definition) is 2. The SMILES string of the molecule is Cc1ccc(C2CN(c3nc4c(cc3F)c(=O)c(C(=O)O)cn4-c3nccs3)C2)[nH]1. The molecule has 152 valence electrons. The van der Waals surface area contributed by atoms with Crippen molar-refractivity contribution in [1.29, 1.82) is 0 Å². The van der Waals surface area contributed by atoms with Crippen LogP contribution in [0.15, 0.2) is 40.8 Å². The zero-order valence-electron chi connectivity index (χ0n) is 15.8. The lowest BCUT2D eigenvalue weighted by Crippen LogP contribution is -2.46. The highest BCUT2D eigenvalue weighted by atomic mass is 32.1. The van der Waals surface area contributed by atoms with Crippen molar-refractivity contribution in [3.63, 3.8) is 0 Å². The number of anilines is 1. The molecule has 30 heavy (non-hydrogen) atoms. The number of aromatic carboxylic acids is 1. The normalized spacial score (nSPS) is 14.3. The van der Waals surface area contributed by atoms with Gasteiger partial charge in [-0.1, -0.05) is 0 Å². The average Bonchev–Trinajstić information content (AvgIpc) is 3.34. The first-order valence-electron chi connectivity index (χ1n) is 9.22. The molecular weight excluding hydrogens is 409 g/mol. The summed E-state index contributed by atoms with van der Waals surface area (Å²) >= 11 is 1.26. The molecule has 4 aromatic heterocycles. The van der Waals surface area contributed by atoms with Crippen molar-refractivity contribution >= 4 is 34.2 Å². The van der Waals surface area contributed by atoms with Gasteiger partial charge in [-0.3, -0.25) is 9.36 Å². The first-order chi connectivity index (χ1) is 14.4. The second-order valence-electron chi connectivity index (χ2n) is 7.23. The van der Waals surface area contributed by atoms with Crippen LogP contribution < -0.4 is 10.3 Å². The van der Waals surface area contributed by atoms with Crippen LogP contribution >= 0.6 is 11.3 Å². The lowest BCUT2D eigenvalue weighted by atomic mass is 9.96. The molecule has 1 aliphatic rings. The van der Waals surface area contributed by atoms with E-state index in [0.29, 0.717) is 18.2 Å². The molecule has 0 amide bonds. The summed E-state index contributed by atoms with van der Waals surface area (Å²) in [5.74, 6) is -1.67. The summed E-state index contributed by atoms with van der Waals surface area (Å²) in [5, 5.41) is 11.5. The molecular formula is C20H16FN5O3S. The Morgan fingerprint density at radius 1 is 1.37 bits per heavy atom. The van der Waals surface area contributed by atoms with Gasteiger partial charge in [0, 0.05) is 48.2 Å². The fourth-order valence-electron chi connectivity index (χ4n) is 3.68. The van der Waals surface area contributed by atoms with Crippen LogP contribution in [0.25, 0.3) is 16.2 Å². The monoisotopic (exact) mass is 425 g/mol. The summed E-state index contributed by atoms with van der Waals surface area (Å²) in [4.78, 5) is 37.8. The van der Waals surface area contributed by atoms with E-state index >= 15 is 0 Å². The standard InChI is InChI=1S/C20H16FN5O3S/c1-10-2-3-15(23-10)11-7-25(8-11)18-14(21)6-12-16(27)13(19(28)29)9-26(17(12)24-18)20-22-4-5-30-20/h2-6,9,11,23H,7-8H2,1H3,(H,28,29). The van der Waals surface area contributed by atoms with Crippen LogP contribution in [0.2, 0.25) is 0 Å². The van der Waals surface area contributed by atoms with Gasteiger partial charge in [-0.2, -0.15) is 0 Å². The molecule has 4 aromatic rings. The Bertz CT molecular complexity index is 1340. The third-order valence-electron chi connectivity index (χ3n) is 5.24. The Balaban J connectivity index is 1.61. The molecule has 0 aromatic carbocycles. The number of aromatic nitrogens is 4. The van der Waals surface area contributed by atoms with E-state index in [0.717, 1.165) is 17.5 Å². The van der Waals surface area contributed by atoms with Gasteiger partial charge < -0.3 is 15.0 Å². The topological polar surface area (TPSA) is 104 Å². The number of halogens is 1. The minimum Gasteiger partial charge on any atom is -0.477 e. The van der Waals surface area contributed by atoms with Crippen LogP contribution in [0.3, 0.4) is 0 Å². The number of carboxylic acid groups (broad SMARTS) is 1. The second-order valence-corrected chi connectivity index (χ2v) is 8.10. The molecule has 8 nitrogen and oxygen atoms in total. The number of H-pyrrole nitrogens is 1. The molecule has 0 bridgehead atoms. The molecule has 0 radical (unpaired) electrons. The molecule has 5 heterocycles. The van der Waals surface area contributed by atoms with Crippen molar-refractivity contribution < 1.29 is 14.3 Å². The van der Waals surface area contributed by atoms with Gasteiger partial charge >= 0.3 is 5.97 Å². The van der Waals surface area contributed by atoms with Crippen molar-refractivity contribution in [3.8, 4) is 5.13 Å². The van der Waals surface area contributed by atoms with Crippen molar-refractivity contribution in [3.05, 3.63) is 69.0 Å². The van der Waals surface area contributed by atoms with Crippen LogP contribution in [0.5, 0.6) is 0 Å². The maximum Gasteiger partial charge on any atom is 0.341 e. The third kappa shape index (κ3) is 2.88. The van der Waals surface area contributed by atoms with Gasteiger partial charge in [-0.05, 0) is 25.1 Å². The molecule has 1 aliphatic heterocycles. The smallest absolute Gasteiger partial charge is 0.341 e. The lowest BCUT2D eigenvalue weighted by Gasteiger charge is -2.40. The largest absolute Gasteiger partial charge is 0.477 e. The predicted octanol–water partition coefficient (Wildman–Crippen LogP) is 2.92. The number of aromatic amines is 1. The minimum atomic E-state index is -1.39. The highest BCUT2D eigenvalue weighted by Crippen LogP contribution is 2.33.